The van der Waals surface area contributed by atoms with Gasteiger partial charge in [-0.25, -0.2) is 0 Å². The van der Waals surface area contributed by atoms with E-state index in [0.717, 1.165) is 18.2 Å². The zero-order valence-corrected chi connectivity index (χ0v) is 11.4. The van der Waals surface area contributed by atoms with Crippen LogP contribution in [0.4, 0.5) is 0 Å². The summed E-state index contributed by atoms with van der Waals surface area (Å²) in [5.74, 6) is 0.425. The molecule has 17 heavy (non-hydrogen) atoms. The van der Waals surface area contributed by atoms with Gasteiger partial charge in [-0.1, -0.05) is 22.9 Å². The lowest BCUT2D eigenvalue weighted by molar-refractivity contribution is 0.0952. The molecule has 1 aromatic rings. The van der Waals surface area contributed by atoms with E-state index in [2.05, 4.69) is 33.2 Å². The van der Waals surface area contributed by atoms with Gasteiger partial charge in [0.05, 0.1) is 0 Å². The first-order chi connectivity index (χ1) is 8.13. The molecule has 0 bridgehead atoms. The van der Waals surface area contributed by atoms with Gasteiger partial charge in [0.2, 0.25) is 5.56 Å². The fraction of sp³-hybridized carbons (Fsp3) is 0.500. The summed E-state index contributed by atoms with van der Waals surface area (Å²) in [5, 5.41) is 3.78. The van der Waals surface area contributed by atoms with Crippen molar-refractivity contribution in [1.82, 2.24) is 10.3 Å². The van der Waals surface area contributed by atoms with Crippen molar-refractivity contribution in [2.45, 2.75) is 19.8 Å². The number of aromatic nitrogens is 1. The third kappa shape index (κ3) is 5.17. The van der Waals surface area contributed by atoms with E-state index < -0.39 is 0 Å². The highest BCUT2D eigenvalue weighted by molar-refractivity contribution is 9.09. The standard InChI is InChI=1S/C12H17BrN2O2/c1-9(8-13)3-2-5-15-12(17)10-4-6-14-11(16)7-10/h4,6-7,9H,2-3,5,8H2,1H3,(H,14,16)(H,15,17). The summed E-state index contributed by atoms with van der Waals surface area (Å²) in [7, 11) is 0. The SMILES string of the molecule is CC(CBr)CCCNC(=O)c1cc[nH]c(=O)c1. The predicted octanol–water partition coefficient (Wildman–Crippen LogP) is 1.92. The van der Waals surface area contributed by atoms with Gasteiger partial charge in [-0.05, 0) is 24.8 Å². The molecule has 4 nitrogen and oxygen atoms in total. The van der Waals surface area contributed by atoms with Crippen LogP contribution in [0.2, 0.25) is 0 Å². The first-order valence-corrected chi connectivity index (χ1v) is 6.78. The number of hydrogen-bond donors (Lipinski definition) is 2. The summed E-state index contributed by atoms with van der Waals surface area (Å²) in [5.41, 5.74) is 0.146. The quantitative estimate of drug-likeness (QED) is 0.623. The number of halogens is 1. The molecule has 0 spiro atoms. The van der Waals surface area contributed by atoms with E-state index in [4.69, 9.17) is 0 Å². The fourth-order valence-electron chi connectivity index (χ4n) is 1.42. The van der Waals surface area contributed by atoms with Crippen LogP contribution in [-0.4, -0.2) is 22.8 Å². The highest BCUT2D eigenvalue weighted by atomic mass is 79.9. The molecule has 1 amide bonds. The maximum absolute atomic E-state index is 11.6. The number of carbonyl (C=O) groups excluding carboxylic acids is 1. The minimum Gasteiger partial charge on any atom is -0.352 e. The van der Waals surface area contributed by atoms with Crippen LogP contribution in [0.15, 0.2) is 23.1 Å². The van der Waals surface area contributed by atoms with Crippen LogP contribution in [-0.2, 0) is 0 Å². The molecule has 1 unspecified atom stereocenters. The van der Waals surface area contributed by atoms with E-state index in [1.165, 1.54) is 12.3 Å². The van der Waals surface area contributed by atoms with Crippen LogP contribution in [0.1, 0.15) is 30.1 Å². The molecule has 0 fully saturated rings. The van der Waals surface area contributed by atoms with Crippen molar-refractivity contribution in [2.24, 2.45) is 5.92 Å². The van der Waals surface area contributed by atoms with Crippen molar-refractivity contribution >= 4 is 21.8 Å². The van der Waals surface area contributed by atoms with Crippen LogP contribution < -0.4 is 10.9 Å². The van der Waals surface area contributed by atoms with Gasteiger partial charge in [-0.3, -0.25) is 9.59 Å². The number of aromatic amines is 1. The number of pyridine rings is 1. The maximum Gasteiger partial charge on any atom is 0.251 e. The smallest absolute Gasteiger partial charge is 0.251 e. The van der Waals surface area contributed by atoms with Crippen LogP contribution >= 0.6 is 15.9 Å². The maximum atomic E-state index is 11.6. The molecule has 0 aliphatic carbocycles. The van der Waals surface area contributed by atoms with Gasteiger partial charge in [0, 0.05) is 29.7 Å². The monoisotopic (exact) mass is 300 g/mol. The zero-order valence-electron chi connectivity index (χ0n) is 9.83. The second-order valence-electron chi connectivity index (χ2n) is 4.10. The Morgan fingerprint density at radius 3 is 3.00 bits per heavy atom. The van der Waals surface area contributed by atoms with Gasteiger partial charge in [-0.15, -0.1) is 0 Å². The Morgan fingerprint density at radius 1 is 1.59 bits per heavy atom. The largest absolute Gasteiger partial charge is 0.352 e. The van der Waals surface area contributed by atoms with E-state index in [-0.39, 0.29) is 11.5 Å². The summed E-state index contributed by atoms with van der Waals surface area (Å²) < 4.78 is 0. The normalized spacial score (nSPS) is 12.1. The Morgan fingerprint density at radius 2 is 2.35 bits per heavy atom. The van der Waals surface area contributed by atoms with Gasteiger partial charge in [0.1, 0.15) is 0 Å². The van der Waals surface area contributed by atoms with Crippen molar-refractivity contribution in [3.63, 3.8) is 0 Å². The summed E-state index contributed by atoms with van der Waals surface area (Å²) in [6.45, 7) is 2.80. The summed E-state index contributed by atoms with van der Waals surface area (Å²) >= 11 is 3.41. The summed E-state index contributed by atoms with van der Waals surface area (Å²) in [6.07, 6.45) is 3.49. The molecule has 5 heteroatoms. The topological polar surface area (TPSA) is 62.0 Å². The Bertz CT molecular complexity index is 417. The zero-order chi connectivity index (χ0) is 12.7. The third-order valence-corrected chi connectivity index (χ3v) is 3.57. The third-order valence-electron chi connectivity index (χ3n) is 2.46. The lowest BCUT2D eigenvalue weighted by Gasteiger charge is -2.08. The first-order valence-electron chi connectivity index (χ1n) is 5.66. The van der Waals surface area contributed by atoms with Gasteiger partial charge in [-0.2, -0.15) is 0 Å². The van der Waals surface area contributed by atoms with Gasteiger partial charge < -0.3 is 10.3 Å². The molecule has 0 aromatic carbocycles. The second kappa shape index (κ2) is 7.27. The lowest BCUT2D eigenvalue weighted by Crippen LogP contribution is -2.26. The van der Waals surface area contributed by atoms with Gasteiger partial charge in [0.15, 0.2) is 0 Å². The molecule has 2 N–H and O–H groups in total. The molecule has 0 saturated heterocycles. The molecule has 1 heterocycles. The number of amides is 1. The van der Waals surface area contributed by atoms with Crippen molar-refractivity contribution in [2.75, 3.05) is 11.9 Å². The molecular weight excluding hydrogens is 284 g/mol. The summed E-state index contributed by atoms with van der Waals surface area (Å²) in [4.78, 5) is 25.1. The molecule has 0 aliphatic rings. The molecule has 0 radical (unpaired) electrons. The van der Waals surface area contributed by atoms with Crippen molar-refractivity contribution in [1.29, 1.82) is 0 Å². The van der Waals surface area contributed by atoms with E-state index in [9.17, 15) is 9.59 Å². The number of alkyl halides is 1. The average molecular weight is 301 g/mol. The molecule has 1 rings (SSSR count). The first kappa shape index (κ1) is 14.0. The van der Waals surface area contributed by atoms with E-state index in [0.29, 0.717) is 18.0 Å². The highest BCUT2D eigenvalue weighted by Gasteiger charge is 2.05. The number of rotatable bonds is 6. The number of nitrogens with one attached hydrogen (secondary N) is 2. The Hall–Kier alpha value is -1.10. The Balaban J connectivity index is 2.33. The predicted molar refractivity (Wildman–Crippen MR) is 71.6 cm³/mol. The Kier molecular flexibility index (Phi) is 5.97. The van der Waals surface area contributed by atoms with E-state index >= 15 is 0 Å². The van der Waals surface area contributed by atoms with Crippen LogP contribution in [0.25, 0.3) is 0 Å². The van der Waals surface area contributed by atoms with Crippen molar-refractivity contribution in [3.05, 3.63) is 34.2 Å². The lowest BCUT2D eigenvalue weighted by atomic mass is 10.1. The van der Waals surface area contributed by atoms with Crippen LogP contribution in [0.5, 0.6) is 0 Å². The summed E-state index contributed by atoms with van der Waals surface area (Å²) in [6, 6.07) is 2.90. The van der Waals surface area contributed by atoms with Gasteiger partial charge in [0.25, 0.3) is 5.91 Å². The molecule has 1 aromatic heterocycles. The minimum atomic E-state index is -0.259. The van der Waals surface area contributed by atoms with Crippen molar-refractivity contribution < 1.29 is 4.79 Å². The molecule has 94 valence electrons. The Labute approximate surface area is 109 Å². The van der Waals surface area contributed by atoms with Gasteiger partial charge >= 0.3 is 0 Å². The van der Waals surface area contributed by atoms with Crippen LogP contribution in [0, 0.1) is 5.92 Å². The molecule has 0 saturated carbocycles. The highest BCUT2D eigenvalue weighted by Crippen LogP contribution is 2.07. The molecular formula is C12H17BrN2O2. The molecule has 1 atom stereocenters. The van der Waals surface area contributed by atoms with E-state index in [1.54, 1.807) is 6.07 Å². The number of hydrogen-bond acceptors (Lipinski definition) is 2. The number of H-pyrrole nitrogens is 1. The minimum absolute atomic E-state index is 0.192. The average Bonchev–Trinajstić information content (AvgIpc) is 2.34. The second-order valence-corrected chi connectivity index (χ2v) is 4.75. The fourth-order valence-corrected chi connectivity index (χ4v) is 1.74. The molecule has 0 aliphatic heterocycles. The number of carbonyl (C=O) groups is 1. The van der Waals surface area contributed by atoms with Crippen molar-refractivity contribution in [3.8, 4) is 0 Å². The van der Waals surface area contributed by atoms with E-state index in [1.807, 2.05) is 0 Å². The van der Waals surface area contributed by atoms with Crippen LogP contribution in [0.3, 0.4) is 0 Å².